The first kappa shape index (κ1) is 28.1. The summed E-state index contributed by atoms with van der Waals surface area (Å²) in [7, 11) is -3.98. The number of benzene rings is 2. The van der Waals surface area contributed by atoms with E-state index in [0.717, 1.165) is 51.8 Å². The Morgan fingerprint density at radius 1 is 1.12 bits per heavy atom. The van der Waals surface area contributed by atoms with Gasteiger partial charge < -0.3 is 9.47 Å². The smallest absolute Gasteiger partial charge is 0.304 e. The zero-order valence-electron chi connectivity index (χ0n) is 23.6. The second-order valence-corrected chi connectivity index (χ2v) is 13.7. The van der Waals surface area contributed by atoms with Crippen LogP contribution in [0.15, 0.2) is 42.5 Å². The summed E-state index contributed by atoms with van der Waals surface area (Å²) in [5.41, 5.74) is 3.45. The molecule has 2 aliphatic heterocycles. The lowest BCUT2D eigenvalue weighted by Gasteiger charge is -2.29. The highest BCUT2D eigenvalue weighted by molar-refractivity contribution is 7.87. The quantitative estimate of drug-likeness (QED) is 0.282. The molecule has 0 radical (unpaired) electrons. The Kier molecular flexibility index (Phi) is 7.76. The molecule has 0 saturated carbocycles. The lowest BCUT2D eigenvalue weighted by atomic mass is 9.94. The Morgan fingerprint density at radius 2 is 1.85 bits per heavy atom. The molecule has 2 saturated heterocycles. The molecule has 0 spiro atoms. The fraction of sp³-hybridized carbons (Fsp3) is 0.419. The summed E-state index contributed by atoms with van der Waals surface area (Å²) < 4.78 is 43.2. The van der Waals surface area contributed by atoms with Crippen LogP contribution in [0.5, 0.6) is 5.75 Å². The van der Waals surface area contributed by atoms with E-state index in [4.69, 9.17) is 14.5 Å². The van der Waals surface area contributed by atoms with Crippen LogP contribution < -0.4 is 9.46 Å². The van der Waals surface area contributed by atoms with E-state index >= 15 is 0 Å². The minimum Gasteiger partial charge on any atom is -0.490 e. The summed E-state index contributed by atoms with van der Waals surface area (Å²) in [6.07, 6.45) is 3.26. The molecular weight excluding hydrogens is 558 g/mol. The second kappa shape index (κ2) is 11.3. The average Bonchev–Trinajstić information content (AvgIpc) is 3.64. The van der Waals surface area contributed by atoms with Crippen molar-refractivity contribution in [2.45, 2.75) is 52.6 Å². The Morgan fingerprint density at radius 3 is 2.59 bits per heavy atom. The van der Waals surface area contributed by atoms with Gasteiger partial charge in [-0.15, -0.1) is 11.3 Å². The van der Waals surface area contributed by atoms with Crippen LogP contribution in [0.1, 0.15) is 54.1 Å². The number of fused-ring (bicyclic) bond motifs is 2. The number of amides is 1. The molecule has 2 fully saturated rings. The molecule has 41 heavy (non-hydrogen) atoms. The van der Waals surface area contributed by atoms with Gasteiger partial charge in [0.05, 0.1) is 33.1 Å². The third-order valence-electron chi connectivity index (χ3n) is 8.31. The van der Waals surface area contributed by atoms with Gasteiger partial charge in [0.15, 0.2) is 0 Å². The predicted molar refractivity (Wildman–Crippen MR) is 163 cm³/mol. The van der Waals surface area contributed by atoms with E-state index < -0.39 is 16.1 Å². The van der Waals surface area contributed by atoms with Crippen molar-refractivity contribution in [1.82, 2.24) is 14.0 Å². The number of pyridine rings is 1. The highest BCUT2D eigenvalue weighted by Gasteiger charge is 2.30. The summed E-state index contributed by atoms with van der Waals surface area (Å²) in [5, 5.41) is 1.66. The predicted octanol–water partition coefficient (Wildman–Crippen LogP) is 6.00. The number of thiophene rings is 1. The van der Waals surface area contributed by atoms with Crippen molar-refractivity contribution >= 4 is 48.4 Å². The first-order chi connectivity index (χ1) is 19.7. The number of rotatable bonds is 7. The molecule has 216 valence electrons. The van der Waals surface area contributed by atoms with E-state index in [2.05, 4.69) is 23.8 Å². The van der Waals surface area contributed by atoms with E-state index in [1.54, 1.807) is 17.4 Å². The molecule has 1 N–H and O–H groups in total. The van der Waals surface area contributed by atoms with E-state index in [-0.39, 0.29) is 11.7 Å². The Labute approximate surface area is 244 Å². The normalized spacial score (nSPS) is 17.7. The molecule has 8 nitrogen and oxygen atoms in total. The highest BCUT2D eigenvalue weighted by atomic mass is 32.2. The molecule has 2 aliphatic rings. The van der Waals surface area contributed by atoms with Gasteiger partial charge in [-0.1, -0.05) is 24.3 Å². The number of carbonyl (C=O) groups is 1. The molecule has 4 heterocycles. The van der Waals surface area contributed by atoms with E-state index in [1.165, 1.54) is 4.31 Å². The van der Waals surface area contributed by atoms with Gasteiger partial charge in [0.2, 0.25) is 0 Å². The largest absolute Gasteiger partial charge is 0.490 e. The molecular formula is C31H35N3O5S2. The third-order valence-corrected chi connectivity index (χ3v) is 11.1. The summed E-state index contributed by atoms with van der Waals surface area (Å²) in [6.45, 7) is 8.26. The van der Waals surface area contributed by atoms with Gasteiger partial charge in [0.1, 0.15) is 5.75 Å². The van der Waals surface area contributed by atoms with Gasteiger partial charge in [-0.25, -0.2) is 9.71 Å². The number of aromatic nitrogens is 1. The maximum Gasteiger partial charge on any atom is 0.304 e. The molecule has 4 aromatic rings. The third kappa shape index (κ3) is 5.46. The van der Waals surface area contributed by atoms with Crippen LogP contribution in [0.2, 0.25) is 0 Å². The Bertz CT molecular complexity index is 1720. The minimum absolute atomic E-state index is 0.112. The first-order valence-electron chi connectivity index (χ1n) is 14.2. The Balaban J connectivity index is 1.50. The molecule has 1 atom stereocenters. The van der Waals surface area contributed by atoms with Crippen LogP contribution in [-0.4, -0.2) is 56.0 Å². The summed E-state index contributed by atoms with van der Waals surface area (Å²) in [5.74, 6) is 0.167. The van der Waals surface area contributed by atoms with Crippen LogP contribution in [0.3, 0.4) is 0 Å². The maximum atomic E-state index is 13.9. The first-order valence-corrected chi connectivity index (χ1v) is 16.5. The van der Waals surface area contributed by atoms with Crippen LogP contribution >= 0.6 is 11.3 Å². The monoisotopic (exact) mass is 593 g/mol. The summed E-state index contributed by atoms with van der Waals surface area (Å²) >= 11 is 1.62. The van der Waals surface area contributed by atoms with Gasteiger partial charge in [0, 0.05) is 31.0 Å². The van der Waals surface area contributed by atoms with Crippen molar-refractivity contribution < 1.29 is 22.7 Å². The molecule has 6 rings (SSSR count). The zero-order chi connectivity index (χ0) is 28.7. The summed E-state index contributed by atoms with van der Waals surface area (Å²) in [4.78, 5) is 19.9. The highest BCUT2D eigenvalue weighted by Crippen LogP contribution is 2.41. The van der Waals surface area contributed by atoms with E-state index in [9.17, 15) is 13.2 Å². The number of hydrogen-bond donors (Lipinski definition) is 1. The number of hydrogen-bond acceptors (Lipinski definition) is 7. The van der Waals surface area contributed by atoms with Gasteiger partial charge in [-0.05, 0) is 87.1 Å². The topological polar surface area (TPSA) is 97.8 Å². The van der Waals surface area contributed by atoms with E-state index in [1.807, 2.05) is 38.1 Å². The number of nitrogens with one attached hydrogen (secondary N) is 1. The van der Waals surface area contributed by atoms with E-state index in [0.29, 0.717) is 54.6 Å². The van der Waals surface area contributed by atoms with Crippen molar-refractivity contribution in [1.29, 1.82) is 0 Å². The standard InChI is InChI=1S/C31H35N3O5S2/c1-19-10-11-26(39-21(3)22-12-16-38-17-13-22)28-24(31(35)33-41(36,37)34-14-6-7-15-34)18-25(32-29(19)28)30-20(2)23-8-4-5-9-27(23)40-30/h4-5,8-11,18,21-22H,6-7,12-17H2,1-3H3,(H,33,35)/t21-/m1/s1. The zero-order valence-corrected chi connectivity index (χ0v) is 25.2. The van der Waals surface area contributed by atoms with Crippen molar-refractivity contribution in [3.05, 3.63) is 59.2 Å². The molecule has 2 aromatic heterocycles. The number of nitrogens with zero attached hydrogens (tertiary/aromatic N) is 2. The average molecular weight is 594 g/mol. The van der Waals surface area contributed by atoms with Crippen molar-refractivity contribution in [2.75, 3.05) is 26.3 Å². The van der Waals surface area contributed by atoms with Crippen LogP contribution in [-0.2, 0) is 14.9 Å². The van der Waals surface area contributed by atoms with Crippen molar-refractivity contribution in [3.8, 4) is 16.3 Å². The van der Waals surface area contributed by atoms with Crippen LogP contribution in [0.25, 0.3) is 31.6 Å². The van der Waals surface area contributed by atoms with Gasteiger partial charge in [0.25, 0.3) is 5.91 Å². The van der Waals surface area contributed by atoms with Crippen molar-refractivity contribution in [3.63, 3.8) is 0 Å². The lowest BCUT2D eigenvalue weighted by molar-refractivity contribution is 0.0243. The number of ether oxygens (including phenoxy) is 2. The van der Waals surface area contributed by atoms with Gasteiger partial charge >= 0.3 is 10.2 Å². The SMILES string of the molecule is Cc1c(-c2cc(C(=O)NS(=O)(=O)N3CCCC3)c3c(O[C@H](C)C4CCOCC4)ccc(C)c3n2)sc2ccccc12. The fourth-order valence-electron chi connectivity index (χ4n) is 5.90. The number of aryl methyl sites for hydroxylation is 2. The molecule has 0 bridgehead atoms. The second-order valence-electron chi connectivity index (χ2n) is 11.0. The minimum atomic E-state index is -3.98. The number of carbonyl (C=O) groups excluding carboxylic acids is 1. The summed E-state index contributed by atoms with van der Waals surface area (Å²) in [6, 6.07) is 13.7. The van der Waals surface area contributed by atoms with Gasteiger partial charge in [-0.3, -0.25) is 4.79 Å². The fourth-order valence-corrected chi connectivity index (χ4v) is 8.28. The van der Waals surface area contributed by atoms with Crippen LogP contribution in [0.4, 0.5) is 0 Å². The van der Waals surface area contributed by atoms with Crippen LogP contribution in [0, 0.1) is 19.8 Å². The van der Waals surface area contributed by atoms with Crippen molar-refractivity contribution in [2.24, 2.45) is 5.92 Å². The molecule has 0 unspecified atom stereocenters. The Hall–Kier alpha value is -3.05. The molecule has 0 aliphatic carbocycles. The molecule has 10 heteroatoms. The van der Waals surface area contributed by atoms with Gasteiger partial charge in [-0.2, -0.15) is 12.7 Å². The molecule has 2 aromatic carbocycles. The maximum absolute atomic E-state index is 13.9. The molecule has 1 amide bonds. The lowest BCUT2D eigenvalue weighted by Crippen LogP contribution is -2.42.